The molecule has 1 heterocycles. The van der Waals surface area contributed by atoms with E-state index >= 15 is 0 Å². The average molecular weight is 378 g/mol. The Labute approximate surface area is 153 Å². The number of nitrogens with zero attached hydrogens (tertiary/aromatic N) is 2. The van der Waals surface area contributed by atoms with E-state index in [-0.39, 0.29) is 5.91 Å². The summed E-state index contributed by atoms with van der Waals surface area (Å²) in [6.45, 7) is 1.89. The molecule has 0 aliphatic carbocycles. The van der Waals surface area contributed by atoms with Gasteiger partial charge in [-0.25, -0.2) is 0 Å². The SMILES string of the molecule is Cc1ccccc1C(=O)Nc1nnc(Cc2ccc(Cl)cc2Cl)s1. The van der Waals surface area contributed by atoms with Crippen LogP contribution in [0.5, 0.6) is 0 Å². The lowest BCUT2D eigenvalue weighted by Crippen LogP contribution is -2.12. The maximum Gasteiger partial charge on any atom is 0.257 e. The lowest BCUT2D eigenvalue weighted by molar-refractivity contribution is 0.102. The van der Waals surface area contributed by atoms with Crippen LogP contribution in [0.1, 0.15) is 26.5 Å². The van der Waals surface area contributed by atoms with Crippen LogP contribution < -0.4 is 5.32 Å². The molecule has 0 atom stereocenters. The molecule has 1 N–H and O–H groups in total. The molecule has 0 bridgehead atoms. The third-order valence-electron chi connectivity index (χ3n) is 3.43. The van der Waals surface area contributed by atoms with Crippen LogP contribution in [0.2, 0.25) is 10.0 Å². The summed E-state index contributed by atoms with van der Waals surface area (Å²) in [7, 11) is 0. The Kier molecular flexibility index (Phi) is 5.14. The third kappa shape index (κ3) is 3.93. The quantitative estimate of drug-likeness (QED) is 0.695. The molecule has 0 saturated heterocycles. The minimum Gasteiger partial charge on any atom is -0.296 e. The Hall–Kier alpha value is -1.95. The van der Waals surface area contributed by atoms with Crippen molar-refractivity contribution < 1.29 is 4.79 Å². The average Bonchev–Trinajstić information content (AvgIpc) is 2.97. The predicted octanol–water partition coefficient (Wildman–Crippen LogP) is 5.00. The van der Waals surface area contributed by atoms with Gasteiger partial charge in [0, 0.05) is 22.0 Å². The summed E-state index contributed by atoms with van der Waals surface area (Å²) in [6.07, 6.45) is 0.536. The van der Waals surface area contributed by atoms with E-state index in [1.54, 1.807) is 18.2 Å². The zero-order valence-corrected chi connectivity index (χ0v) is 15.0. The molecule has 0 saturated carbocycles. The summed E-state index contributed by atoms with van der Waals surface area (Å²) >= 11 is 13.4. The van der Waals surface area contributed by atoms with Crippen LogP contribution in [0.3, 0.4) is 0 Å². The highest BCUT2D eigenvalue weighted by Gasteiger charge is 2.13. The summed E-state index contributed by atoms with van der Waals surface area (Å²) in [6, 6.07) is 12.7. The second kappa shape index (κ2) is 7.30. The Morgan fingerprint density at radius 3 is 2.71 bits per heavy atom. The Morgan fingerprint density at radius 2 is 1.96 bits per heavy atom. The number of aryl methyl sites for hydroxylation is 1. The van der Waals surface area contributed by atoms with E-state index in [4.69, 9.17) is 23.2 Å². The second-order valence-corrected chi connectivity index (χ2v) is 7.09. The topological polar surface area (TPSA) is 54.9 Å². The summed E-state index contributed by atoms with van der Waals surface area (Å²) in [5, 5.41) is 13.3. The van der Waals surface area contributed by atoms with E-state index in [1.165, 1.54) is 11.3 Å². The number of anilines is 1. The van der Waals surface area contributed by atoms with Crippen molar-refractivity contribution in [2.45, 2.75) is 13.3 Å². The minimum absolute atomic E-state index is 0.194. The van der Waals surface area contributed by atoms with E-state index in [9.17, 15) is 4.79 Å². The number of hydrogen-bond donors (Lipinski definition) is 1. The first-order valence-corrected chi connectivity index (χ1v) is 8.73. The van der Waals surface area contributed by atoms with E-state index in [1.807, 2.05) is 31.2 Å². The molecular weight excluding hydrogens is 365 g/mol. The third-order valence-corrected chi connectivity index (χ3v) is 4.86. The second-order valence-electron chi connectivity index (χ2n) is 5.18. The monoisotopic (exact) mass is 377 g/mol. The van der Waals surface area contributed by atoms with Gasteiger partial charge in [-0.05, 0) is 36.2 Å². The lowest BCUT2D eigenvalue weighted by atomic mass is 10.1. The van der Waals surface area contributed by atoms with E-state index in [2.05, 4.69) is 15.5 Å². The van der Waals surface area contributed by atoms with Gasteiger partial charge >= 0.3 is 0 Å². The number of aromatic nitrogens is 2. The summed E-state index contributed by atoms with van der Waals surface area (Å²) in [5.41, 5.74) is 2.44. The summed E-state index contributed by atoms with van der Waals surface area (Å²) < 4.78 is 0. The Bertz CT molecular complexity index is 895. The van der Waals surface area contributed by atoms with Gasteiger partial charge in [0.15, 0.2) is 0 Å². The molecule has 24 heavy (non-hydrogen) atoms. The number of benzene rings is 2. The molecule has 4 nitrogen and oxygen atoms in total. The van der Waals surface area contributed by atoms with Gasteiger partial charge in [-0.15, -0.1) is 10.2 Å². The lowest BCUT2D eigenvalue weighted by Gasteiger charge is -2.04. The first-order chi connectivity index (χ1) is 11.5. The first kappa shape index (κ1) is 16.9. The molecule has 0 radical (unpaired) electrons. The number of carbonyl (C=O) groups excluding carboxylic acids is 1. The molecular formula is C17H13Cl2N3OS. The fourth-order valence-electron chi connectivity index (χ4n) is 2.20. The van der Waals surface area contributed by atoms with Crippen molar-refractivity contribution in [2.75, 3.05) is 5.32 Å². The molecule has 7 heteroatoms. The highest BCUT2D eigenvalue weighted by molar-refractivity contribution is 7.15. The molecule has 0 fully saturated rings. The normalized spacial score (nSPS) is 10.6. The van der Waals surface area contributed by atoms with Gasteiger partial charge in [-0.2, -0.15) is 0 Å². The maximum atomic E-state index is 12.3. The molecule has 1 amide bonds. The number of halogens is 2. The van der Waals surface area contributed by atoms with Gasteiger partial charge in [0.1, 0.15) is 5.01 Å². The van der Waals surface area contributed by atoms with Crippen molar-refractivity contribution in [3.8, 4) is 0 Å². The van der Waals surface area contributed by atoms with Gasteiger partial charge in [-0.3, -0.25) is 10.1 Å². The zero-order chi connectivity index (χ0) is 17.1. The van der Waals surface area contributed by atoms with Gasteiger partial charge in [0.05, 0.1) is 0 Å². The molecule has 2 aromatic carbocycles. The van der Waals surface area contributed by atoms with Crippen molar-refractivity contribution in [3.05, 3.63) is 74.2 Å². The van der Waals surface area contributed by atoms with Gasteiger partial charge in [0.25, 0.3) is 5.91 Å². The van der Waals surface area contributed by atoms with Crippen LogP contribution >= 0.6 is 34.5 Å². The summed E-state index contributed by atoms with van der Waals surface area (Å²) in [4.78, 5) is 12.3. The Morgan fingerprint density at radius 1 is 1.17 bits per heavy atom. The van der Waals surface area contributed by atoms with Crippen LogP contribution in [0, 0.1) is 6.92 Å². The van der Waals surface area contributed by atoms with Crippen molar-refractivity contribution in [2.24, 2.45) is 0 Å². The zero-order valence-electron chi connectivity index (χ0n) is 12.7. The molecule has 0 aliphatic heterocycles. The number of hydrogen-bond acceptors (Lipinski definition) is 4. The molecule has 0 unspecified atom stereocenters. The van der Waals surface area contributed by atoms with Crippen molar-refractivity contribution in [1.29, 1.82) is 0 Å². The molecule has 122 valence electrons. The van der Waals surface area contributed by atoms with Crippen LogP contribution in [0.15, 0.2) is 42.5 Å². The predicted molar refractivity (Wildman–Crippen MR) is 98.3 cm³/mol. The van der Waals surface area contributed by atoms with Gasteiger partial charge in [0.2, 0.25) is 5.13 Å². The van der Waals surface area contributed by atoms with Crippen LogP contribution in [-0.4, -0.2) is 16.1 Å². The van der Waals surface area contributed by atoms with E-state index in [0.717, 1.165) is 16.1 Å². The van der Waals surface area contributed by atoms with Crippen molar-refractivity contribution in [3.63, 3.8) is 0 Å². The largest absolute Gasteiger partial charge is 0.296 e. The highest BCUT2D eigenvalue weighted by Crippen LogP contribution is 2.25. The first-order valence-electron chi connectivity index (χ1n) is 7.16. The Balaban J connectivity index is 1.72. The standard InChI is InChI=1S/C17H13Cl2N3OS/c1-10-4-2-3-5-13(10)16(23)20-17-22-21-15(24-17)8-11-6-7-12(18)9-14(11)19/h2-7,9H,8H2,1H3,(H,20,22,23). The number of nitrogens with one attached hydrogen (secondary N) is 1. The van der Waals surface area contributed by atoms with E-state index < -0.39 is 0 Å². The van der Waals surface area contributed by atoms with Crippen LogP contribution in [-0.2, 0) is 6.42 Å². The maximum absolute atomic E-state index is 12.3. The molecule has 3 aromatic rings. The minimum atomic E-state index is -0.194. The highest BCUT2D eigenvalue weighted by atomic mass is 35.5. The van der Waals surface area contributed by atoms with Crippen LogP contribution in [0.25, 0.3) is 0 Å². The number of rotatable bonds is 4. The van der Waals surface area contributed by atoms with Crippen molar-refractivity contribution in [1.82, 2.24) is 10.2 Å². The number of amides is 1. The van der Waals surface area contributed by atoms with Crippen molar-refractivity contribution >= 4 is 45.6 Å². The summed E-state index contributed by atoms with van der Waals surface area (Å²) in [5.74, 6) is -0.194. The molecule has 0 spiro atoms. The fourth-order valence-corrected chi connectivity index (χ4v) is 3.43. The fraction of sp³-hybridized carbons (Fsp3) is 0.118. The smallest absolute Gasteiger partial charge is 0.257 e. The molecule has 0 aliphatic rings. The van der Waals surface area contributed by atoms with Crippen LogP contribution in [0.4, 0.5) is 5.13 Å². The molecule has 3 rings (SSSR count). The molecule has 1 aromatic heterocycles. The van der Waals surface area contributed by atoms with Gasteiger partial charge < -0.3 is 0 Å². The number of carbonyl (C=O) groups is 1. The van der Waals surface area contributed by atoms with Gasteiger partial charge in [-0.1, -0.05) is 58.8 Å². The van der Waals surface area contributed by atoms with E-state index in [0.29, 0.717) is 27.2 Å².